The lowest BCUT2D eigenvalue weighted by Crippen LogP contribution is -2.39. The molecule has 0 atom stereocenters. The molecule has 0 aliphatic heterocycles. The van der Waals surface area contributed by atoms with Gasteiger partial charge in [0.1, 0.15) is 9.84 Å². The lowest BCUT2D eigenvalue weighted by molar-refractivity contribution is 0.475. The Morgan fingerprint density at radius 3 is 2.62 bits per heavy atom. The van der Waals surface area contributed by atoms with Gasteiger partial charge in [0.2, 0.25) is 0 Å². The molecule has 0 aromatic heterocycles. The number of hydrogen-bond acceptors (Lipinski definition) is 3. The van der Waals surface area contributed by atoms with Gasteiger partial charge >= 0.3 is 0 Å². The minimum atomic E-state index is -2.90. The highest BCUT2D eigenvalue weighted by molar-refractivity contribution is 9.10. The lowest BCUT2D eigenvalue weighted by atomic mass is 10.2. The fourth-order valence-electron chi connectivity index (χ4n) is 1.88. The van der Waals surface area contributed by atoms with Crippen LogP contribution in [0.4, 0.5) is 0 Å². The van der Waals surface area contributed by atoms with E-state index in [0.717, 1.165) is 10.4 Å². The molecule has 0 amide bonds. The number of benzene rings is 1. The van der Waals surface area contributed by atoms with Crippen LogP contribution in [0.3, 0.4) is 0 Å². The second-order valence-corrected chi connectivity index (χ2v) is 8.02. The minimum Gasteiger partial charge on any atom is -0.356 e. The molecule has 118 valence electrons. The number of nitrogens with one attached hydrogen (secondary N) is 1. The van der Waals surface area contributed by atoms with Crippen molar-refractivity contribution < 1.29 is 8.42 Å². The van der Waals surface area contributed by atoms with Gasteiger partial charge in [-0.1, -0.05) is 34.1 Å². The average molecular weight is 376 g/mol. The van der Waals surface area contributed by atoms with Gasteiger partial charge in [0.25, 0.3) is 0 Å². The van der Waals surface area contributed by atoms with Crippen LogP contribution in [0.25, 0.3) is 0 Å². The topological polar surface area (TPSA) is 61.8 Å². The first-order valence-corrected chi connectivity index (χ1v) is 9.52. The molecule has 1 N–H and O–H groups in total. The summed E-state index contributed by atoms with van der Waals surface area (Å²) < 4.78 is 23.2. The monoisotopic (exact) mass is 375 g/mol. The first-order valence-electron chi connectivity index (χ1n) is 6.66. The molecule has 21 heavy (non-hydrogen) atoms. The molecule has 0 unspecified atom stereocenters. The van der Waals surface area contributed by atoms with Crippen molar-refractivity contribution >= 4 is 31.7 Å². The molecule has 0 saturated carbocycles. The van der Waals surface area contributed by atoms with Crippen molar-refractivity contribution in [1.29, 1.82) is 0 Å². The number of rotatable bonds is 6. The van der Waals surface area contributed by atoms with Gasteiger partial charge in [0.05, 0.1) is 5.75 Å². The van der Waals surface area contributed by atoms with Crippen LogP contribution in [0.15, 0.2) is 33.7 Å². The average Bonchev–Trinajstić information content (AvgIpc) is 2.40. The number of nitrogens with zero attached hydrogens (tertiary/aromatic N) is 2. The fraction of sp³-hybridized carbons (Fsp3) is 0.500. The van der Waals surface area contributed by atoms with Crippen LogP contribution in [-0.2, 0) is 16.4 Å². The second-order valence-electron chi connectivity index (χ2n) is 4.90. The molecule has 0 spiro atoms. The predicted molar refractivity (Wildman–Crippen MR) is 91.3 cm³/mol. The summed E-state index contributed by atoms with van der Waals surface area (Å²) in [7, 11) is 0.765. The van der Waals surface area contributed by atoms with Gasteiger partial charge < -0.3 is 10.2 Å². The largest absolute Gasteiger partial charge is 0.356 e. The van der Waals surface area contributed by atoms with E-state index in [0.29, 0.717) is 19.5 Å². The molecule has 1 aromatic rings. The van der Waals surface area contributed by atoms with E-state index in [-0.39, 0.29) is 5.75 Å². The van der Waals surface area contributed by atoms with Crippen molar-refractivity contribution in [2.24, 2.45) is 4.99 Å². The lowest BCUT2D eigenvalue weighted by Gasteiger charge is -2.22. The number of sulfone groups is 1. The van der Waals surface area contributed by atoms with Crippen LogP contribution in [0.2, 0.25) is 0 Å². The third-order valence-electron chi connectivity index (χ3n) is 2.91. The zero-order valence-electron chi connectivity index (χ0n) is 12.6. The van der Waals surface area contributed by atoms with Gasteiger partial charge in [0.15, 0.2) is 5.96 Å². The standard InChI is InChI=1S/C14H22BrN3O2S/c1-16-14(17-9-6-10-21(3,19)20)18(2)11-12-7-4-5-8-13(12)15/h4-5,7-8H,6,9-11H2,1-3H3,(H,16,17). The van der Waals surface area contributed by atoms with E-state index in [4.69, 9.17) is 0 Å². The fourth-order valence-corrected chi connectivity index (χ4v) is 2.96. The van der Waals surface area contributed by atoms with Crippen molar-refractivity contribution in [3.8, 4) is 0 Å². The summed E-state index contributed by atoms with van der Waals surface area (Å²) >= 11 is 3.53. The molecule has 0 radical (unpaired) electrons. The van der Waals surface area contributed by atoms with Crippen LogP contribution in [-0.4, -0.2) is 51.9 Å². The summed E-state index contributed by atoms with van der Waals surface area (Å²) in [5.74, 6) is 0.935. The summed E-state index contributed by atoms with van der Waals surface area (Å²) in [6.07, 6.45) is 1.82. The zero-order valence-corrected chi connectivity index (χ0v) is 15.0. The molecule has 1 rings (SSSR count). The number of halogens is 1. The van der Waals surface area contributed by atoms with Gasteiger partial charge in [-0.3, -0.25) is 4.99 Å². The summed E-state index contributed by atoms with van der Waals surface area (Å²) in [5, 5.41) is 3.18. The summed E-state index contributed by atoms with van der Waals surface area (Å²) in [4.78, 5) is 6.22. The highest BCUT2D eigenvalue weighted by Crippen LogP contribution is 2.17. The first-order chi connectivity index (χ1) is 9.83. The number of hydrogen-bond donors (Lipinski definition) is 1. The Hall–Kier alpha value is -1.08. The normalized spacial score (nSPS) is 12.3. The molecular weight excluding hydrogens is 354 g/mol. The summed E-state index contributed by atoms with van der Waals surface area (Å²) in [5.41, 5.74) is 1.17. The Bertz CT molecular complexity index is 588. The molecule has 0 aliphatic carbocycles. The Balaban J connectivity index is 2.51. The smallest absolute Gasteiger partial charge is 0.193 e. The van der Waals surface area contributed by atoms with E-state index in [2.05, 4.69) is 32.3 Å². The van der Waals surface area contributed by atoms with Crippen molar-refractivity contribution in [3.05, 3.63) is 34.3 Å². The minimum absolute atomic E-state index is 0.185. The maximum atomic E-state index is 11.1. The molecule has 0 fully saturated rings. The van der Waals surface area contributed by atoms with E-state index in [1.54, 1.807) is 7.05 Å². The molecule has 0 heterocycles. The zero-order chi connectivity index (χ0) is 15.9. The van der Waals surface area contributed by atoms with E-state index in [1.807, 2.05) is 30.1 Å². The van der Waals surface area contributed by atoms with E-state index >= 15 is 0 Å². The van der Waals surface area contributed by atoms with Crippen LogP contribution >= 0.6 is 15.9 Å². The maximum absolute atomic E-state index is 11.1. The van der Waals surface area contributed by atoms with Gasteiger partial charge in [-0.25, -0.2) is 8.42 Å². The van der Waals surface area contributed by atoms with Crippen molar-refractivity contribution in [2.75, 3.05) is 32.6 Å². The highest BCUT2D eigenvalue weighted by Gasteiger charge is 2.08. The van der Waals surface area contributed by atoms with Gasteiger partial charge in [-0.2, -0.15) is 0 Å². The van der Waals surface area contributed by atoms with Crippen LogP contribution in [0.1, 0.15) is 12.0 Å². The van der Waals surface area contributed by atoms with Gasteiger partial charge in [-0.15, -0.1) is 0 Å². The molecule has 7 heteroatoms. The SMILES string of the molecule is CN=C(NCCCS(C)(=O)=O)N(C)Cc1ccccc1Br. The molecule has 0 aliphatic rings. The van der Waals surface area contributed by atoms with Crippen molar-refractivity contribution in [2.45, 2.75) is 13.0 Å². The Kier molecular flexibility index (Phi) is 7.17. The summed E-state index contributed by atoms with van der Waals surface area (Å²) in [6, 6.07) is 8.03. The van der Waals surface area contributed by atoms with E-state index in [9.17, 15) is 8.42 Å². The van der Waals surface area contributed by atoms with E-state index < -0.39 is 9.84 Å². The Labute approximate surface area is 135 Å². The van der Waals surface area contributed by atoms with Gasteiger partial charge in [0, 0.05) is 37.9 Å². The van der Waals surface area contributed by atoms with Crippen LogP contribution in [0.5, 0.6) is 0 Å². The predicted octanol–water partition coefficient (Wildman–Crippen LogP) is 1.89. The number of guanidine groups is 1. The van der Waals surface area contributed by atoms with Crippen LogP contribution < -0.4 is 5.32 Å². The maximum Gasteiger partial charge on any atom is 0.193 e. The van der Waals surface area contributed by atoms with Crippen molar-refractivity contribution in [3.63, 3.8) is 0 Å². The highest BCUT2D eigenvalue weighted by atomic mass is 79.9. The Morgan fingerprint density at radius 2 is 2.05 bits per heavy atom. The van der Waals surface area contributed by atoms with Crippen molar-refractivity contribution in [1.82, 2.24) is 10.2 Å². The quantitative estimate of drug-likeness (QED) is 0.468. The second kappa shape index (κ2) is 8.38. The van der Waals surface area contributed by atoms with Crippen LogP contribution in [0, 0.1) is 0 Å². The summed E-state index contributed by atoms with van der Waals surface area (Å²) in [6.45, 7) is 1.30. The van der Waals surface area contributed by atoms with Gasteiger partial charge in [-0.05, 0) is 18.1 Å². The Morgan fingerprint density at radius 1 is 1.38 bits per heavy atom. The first kappa shape index (κ1) is 18.0. The van der Waals surface area contributed by atoms with E-state index in [1.165, 1.54) is 11.8 Å². The molecule has 0 saturated heterocycles. The molecule has 1 aromatic carbocycles. The molecular formula is C14H22BrN3O2S. The third-order valence-corrected chi connectivity index (χ3v) is 4.72. The molecule has 5 nitrogen and oxygen atoms in total. The number of aliphatic imine (C=N–C) groups is 1. The molecule has 0 bridgehead atoms. The third kappa shape index (κ3) is 6.95.